The van der Waals surface area contributed by atoms with E-state index in [4.69, 9.17) is 10.5 Å². The standard InChI is InChI=1S/C12H15N3O3S2/c1-8-11(19-12(13)15-8)20(16,17)14-7-9-3-5-10(18-2)6-4-9/h3-6,14H,7H2,1-2H3,(H2,13,15). The van der Waals surface area contributed by atoms with E-state index in [1.807, 2.05) is 0 Å². The number of anilines is 1. The molecule has 8 heteroatoms. The van der Waals surface area contributed by atoms with Gasteiger partial charge in [0.25, 0.3) is 10.0 Å². The number of hydrogen-bond acceptors (Lipinski definition) is 6. The van der Waals surface area contributed by atoms with Crippen molar-refractivity contribution in [2.45, 2.75) is 17.7 Å². The Morgan fingerprint density at radius 3 is 2.50 bits per heavy atom. The number of benzene rings is 1. The van der Waals surface area contributed by atoms with E-state index in [1.54, 1.807) is 38.3 Å². The molecule has 0 aliphatic rings. The van der Waals surface area contributed by atoms with Crippen molar-refractivity contribution >= 4 is 26.5 Å². The van der Waals surface area contributed by atoms with Crippen molar-refractivity contribution in [3.63, 3.8) is 0 Å². The molecule has 0 fully saturated rings. The molecule has 0 radical (unpaired) electrons. The van der Waals surface area contributed by atoms with Gasteiger partial charge in [0.15, 0.2) is 9.34 Å². The van der Waals surface area contributed by atoms with Gasteiger partial charge in [-0.1, -0.05) is 23.5 Å². The highest BCUT2D eigenvalue weighted by Crippen LogP contribution is 2.24. The van der Waals surface area contributed by atoms with Gasteiger partial charge in [0.05, 0.1) is 12.8 Å². The lowest BCUT2D eigenvalue weighted by atomic mass is 10.2. The predicted molar refractivity (Wildman–Crippen MR) is 78.3 cm³/mol. The Morgan fingerprint density at radius 1 is 1.35 bits per heavy atom. The summed E-state index contributed by atoms with van der Waals surface area (Å²) in [6.07, 6.45) is 0. The van der Waals surface area contributed by atoms with Crippen molar-refractivity contribution in [2.24, 2.45) is 0 Å². The van der Waals surface area contributed by atoms with Crippen LogP contribution in [0, 0.1) is 6.92 Å². The third kappa shape index (κ3) is 3.27. The highest BCUT2D eigenvalue weighted by molar-refractivity contribution is 7.91. The van der Waals surface area contributed by atoms with Crippen molar-refractivity contribution in [1.82, 2.24) is 9.71 Å². The molecule has 2 rings (SSSR count). The molecule has 0 spiro atoms. The summed E-state index contributed by atoms with van der Waals surface area (Å²) in [5.74, 6) is 0.725. The van der Waals surface area contributed by atoms with Gasteiger partial charge in [-0.15, -0.1) is 0 Å². The summed E-state index contributed by atoms with van der Waals surface area (Å²) < 4.78 is 32.0. The van der Waals surface area contributed by atoms with Crippen LogP contribution >= 0.6 is 11.3 Å². The Kier molecular flexibility index (Phi) is 4.26. The van der Waals surface area contributed by atoms with Crippen LogP contribution in [-0.2, 0) is 16.6 Å². The third-order valence-electron chi connectivity index (χ3n) is 2.64. The second-order valence-corrected chi connectivity index (χ2v) is 7.09. The molecule has 0 saturated heterocycles. The molecule has 6 nitrogen and oxygen atoms in total. The molecular weight excluding hydrogens is 298 g/mol. The van der Waals surface area contributed by atoms with Crippen LogP contribution in [0.1, 0.15) is 11.3 Å². The van der Waals surface area contributed by atoms with E-state index in [9.17, 15) is 8.42 Å². The zero-order chi connectivity index (χ0) is 14.8. The van der Waals surface area contributed by atoms with Gasteiger partial charge in [-0.2, -0.15) is 0 Å². The maximum Gasteiger partial charge on any atom is 0.252 e. The van der Waals surface area contributed by atoms with E-state index < -0.39 is 10.0 Å². The van der Waals surface area contributed by atoms with E-state index >= 15 is 0 Å². The second kappa shape index (κ2) is 5.78. The maximum absolute atomic E-state index is 12.1. The number of aromatic nitrogens is 1. The first-order valence-corrected chi connectivity index (χ1v) is 8.08. The second-order valence-electron chi connectivity index (χ2n) is 4.10. The molecular formula is C12H15N3O3S2. The molecule has 1 heterocycles. The number of methoxy groups -OCH3 is 1. The van der Waals surface area contributed by atoms with E-state index in [-0.39, 0.29) is 15.9 Å². The molecule has 1 aromatic heterocycles. The van der Waals surface area contributed by atoms with Crippen LogP contribution < -0.4 is 15.2 Å². The average molecular weight is 313 g/mol. The van der Waals surface area contributed by atoms with Crippen LogP contribution in [0.2, 0.25) is 0 Å². The van der Waals surface area contributed by atoms with Crippen LogP contribution in [0.3, 0.4) is 0 Å². The lowest BCUT2D eigenvalue weighted by Crippen LogP contribution is -2.23. The molecule has 0 atom stereocenters. The van der Waals surface area contributed by atoms with Crippen LogP contribution in [0.15, 0.2) is 28.5 Å². The molecule has 20 heavy (non-hydrogen) atoms. The fourth-order valence-corrected chi connectivity index (χ4v) is 4.00. The number of nitrogens with two attached hydrogens (primary N) is 1. The average Bonchev–Trinajstić information content (AvgIpc) is 2.77. The van der Waals surface area contributed by atoms with Gasteiger partial charge in [0.1, 0.15) is 5.75 Å². The van der Waals surface area contributed by atoms with Gasteiger partial charge in [-0.25, -0.2) is 18.1 Å². The number of nitrogen functional groups attached to an aromatic ring is 1. The van der Waals surface area contributed by atoms with Crippen molar-refractivity contribution in [3.8, 4) is 5.75 Å². The van der Waals surface area contributed by atoms with Crippen molar-refractivity contribution < 1.29 is 13.2 Å². The van der Waals surface area contributed by atoms with Crippen molar-refractivity contribution in [3.05, 3.63) is 35.5 Å². The Hall–Kier alpha value is -1.64. The van der Waals surface area contributed by atoms with Crippen LogP contribution in [0.5, 0.6) is 5.75 Å². The molecule has 3 N–H and O–H groups in total. The molecule has 108 valence electrons. The first-order chi connectivity index (χ1) is 9.42. The van der Waals surface area contributed by atoms with Gasteiger partial charge in [0.2, 0.25) is 0 Å². The van der Waals surface area contributed by atoms with Crippen molar-refractivity contribution in [2.75, 3.05) is 12.8 Å². The van der Waals surface area contributed by atoms with Gasteiger partial charge in [0, 0.05) is 6.54 Å². The van der Waals surface area contributed by atoms with Gasteiger partial charge in [-0.3, -0.25) is 0 Å². The number of aryl methyl sites for hydroxylation is 1. The third-order valence-corrected chi connectivity index (χ3v) is 5.64. The van der Waals surface area contributed by atoms with E-state index in [2.05, 4.69) is 9.71 Å². The summed E-state index contributed by atoms with van der Waals surface area (Å²) in [5.41, 5.74) is 6.77. The summed E-state index contributed by atoms with van der Waals surface area (Å²) in [7, 11) is -2.01. The first kappa shape index (κ1) is 14.8. The van der Waals surface area contributed by atoms with E-state index in [0.29, 0.717) is 5.69 Å². The fraction of sp³-hybridized carbons (Fsp3) is 0.250. The normalized spacial score (nSPS) is 11.5. The topological polar surface area (TPSA) is 94.3 Å². The predicted octanol–water partition coefficient (Wildman–Crippen LogP) is 1.52. The quantitative estimate of drug-likeness (QED) is 0.873. The molecule has 0 aliphatic carbocycles. The number of thiazole rings is 1. The number of sulfonamides is 1. The van der Waals surface area contributed by atoms with Crippen LogP contribution in [0.25, 0.3) is 0 Å². The number of nitrogens with one attached hydrogen (secondary N) is 1. The number of nitrogens with zero attached hydrogens (tertiary/aromatic N) is 1. The molecule has 0 bridgehead atoms. The minimum atomic E-state index is -3.59. The van der Waals surface area contributed by atoms with E-state index in [0.717, 1.165) is 22.6 Å². The SMILES string of the molecule is COc1ccc(CNS(=O)(=O)c2sc(N)nc2C)cc1. The molecule has 2 aromatic rings. The van der Waals surface area contributed by atoms with Crippen molar-refractivity contribution in [1.29, 1.82) is 0 Å². The molecule has 0 unspecified atom stereocenters. The Balaban J connectivity index is 2.11. The first-order valence-electron chi connectivity index (χ1n) is 5.78. The summed E-state index contributed by atoms with van der Waals surface area (Å²) in [6.45, 7) is 1.82. The maximum atomic E-state index is 12.1. The lowest BCUT2D eigenvalue weighted by molar-refractivity contribution is 0.414. The molecule has 1 aromatic carbocycles. The Morgan fingerprint density at radius 2 is 2.00 bits per heavy atom. The fourth-order valence-electron chi connectivity index (χ4n) is 1.64. The molecule has 0 saturated carbocycles. The number of hydrogen-bond donors (Lipinski definition) is 2. The number of rotatable bonds is 5. The monoisotopic (exact) mass is 313 g/mol. The highest BCUT2D eigenvalue weighted by atomic mass is 32.2. The Bertz CT molecular complexity index is 693. The highest BCUT2D eigenvalue weighted by Gasteiger charge is 2.20. The zero-order valence-corrected chi connectivity index (χ0v) is 12.7. The minimum absolute atomic E-state index is 0.156. The van der Waals surface area contributed by atoms with Crippen LogP contribution in [0.4, 0.5) is 5.13 Å². The van der Waals surface area contributed by atoms with E-state index in [1.165, 1.54) is 0 Å². The number of ether oxygens (including phenoxy) is 1. The van der Waals surface area contributed by atoms with Gasteiger partial charge in [-0.05, 0) is 24.6 Å². The summed E-state index contributed by atoms with van der Waals surface area (Å²) in [4.78, 5) is 3.92. The van der Waals surface area contributed by atoms with Gasteiger partial charge >= 0.3 is 0 Å². The largest absolute Gasteiger partial charge is 0.497 e. The summed E-state index contributed by atoms with van der Waals surface area (Å²) >= 11 is 0.959. The molecule has 0 aliphatic heterocycles. The summed E-state index contributed by atoms with van der Waals surface area (Å²) in [6, 6.07) is 7.16. The summed E-state index contributed by atoms with van der Waals surface area (Å²) in [5, 5.41) is 0.243. The molecule has 0 amide bonds. The Labute approximate surface area is 121 Å². The smallest absolute Gasteiger partial charge is 0.252 e. The lowest BCUT2D eigenvalue weighted by Gasteiger charge is -2.06. The minimum Gasteiger partial charge on any atom is -0.497 e. The zero-order valence-electron chi connectivity index (χ0n) is 11.1. The van der Waals surface area contributed by atoms with Crippen LogP contribution in [-0.4, -0.2) is 20.5 Å². The van der Waals surface area contributed by atoms with Gasteiger partial charge < -0.3 is 10.5 Å².